The predicted octanol–water partition coefficient (Wildman–Crippen LogP) is 5.04. The number of amides is 1. The number of furan rings is 1. The third kappa shape index (κ3) is 3.53. The third-order valence-electron chi connectivity index (χ3n) is 4.52. The molecule has 0 saturated heterocycles. The Bertz CT molecular complexity index is 964. The molecule has 1 aliphatic heterocycles. The fourth-order valence-corrected chi connectivity index (χ4v) is 3.36. The van der Waals surface area contributed by atoms with Gasteiger partial charge < -0.3 is 9.15 Å². The summed E-state index contributed by atoms with van der Waals surface area (Å²) in [5.74, 6) is 1.23. The zero-order valence-corrected chi connectivity index (χ0v) is 16.2. The smallest absolute Gasteiger partial charge is 0.274 e. The number of hydrogen-bond donors (Lipinski definition) is 0. The SMILES string of the molecule is COc1ccc(C(=O)N2N=C(c3ccco3)C[C@@H]2c2ccc(Br)cc2)cc1. The number of rotatable bonds is 4. The second-order valence-electron chi connectivity index (χ2n) is 6.17. The Labute approximate surface area is 165 Å². The second-order valence-corrected chi connectivity index (χ2v) is 7.09. The average Bonchev–Trinajstić information content (AvgIpc) is 3.38. The third-order valence-corrected chi connectivity index (χ3v) is 5.04. The van der Waals surface area contributed by atoms with Gasteiger partial charge in [0.2, 0.25) is 0 Å². The van der Waals surface area contributed by atoms with Gasteiger partial charge in [-0.15, -0.1) is 0 Å². The minimum atomic E-state index is -0.187. The summed E-state index contributed by atoms with van der Waals surface area (Å²) in [7, 11) is 1.60. The number of carbonyl (C=O) groups is 1. The summed E-state index contributed by atoms with van der Waals surface area (Å²) in [6.45, 7) is 0. The standard InChI is InChI=1S/C21H17BrN2O3/c1-26-17-10-6-15(7-11-17)21(25)24-19(14-4-8-16(22)9-5-14)13-18(23-24)20-3-2-12-27-20/h2-12,19H,13H2,1H3/t19-/m1/s1. The first-order valence-electron chi connectivity index (χ1n) is 8.50. The van der Waals surface area contributed by atoms with Gasteiger partial charge in [-0.25, -0.2) is 5.01 Å². The molecule has 0 bridgehead atoms. The van der Waals surface area contributed by atoms with E-state index in [2.05, 4.69) is 21.0 Å². The molecule has 1 atom stereocenters. The highest BCUT2D eigenvalue weighted by Crippen LogP contribution is 2.34. The molecule has 1 amide bonds. The van der Waals surface area contributed by atoms with Crippen LogP contribution in [0.5, 0.6) is 5.75 Å². The molecule has 136 valence electrons. The van der Waals surface area contributed by atoms with E-state index in [1.165, 1.54) is 0 Å². The molecule has 1 aromatic heterocycles. The van der Waals surface area contributed by atoms with Gasteiger partial charge in [-0.05, 0) is 54.1 Å². The van der Waals surface area contributed by atoms with Gasteiger partial charge in [-0.3, -0.25) is 4.79 Å². The van der Waals surface area contributed by atoms with Gasteiger partial charge in [0.05, 0.1) is 19.4 Å². The van der Waals surface area contributed by atoms with Crippen LogP contribution < -0.4 is 4.74 Å². The lowest BCUT2D eigenvalue weighted by molar-refractivity contribution is 0.0711. The van der Waals surface area contributed by atoms with E-state index in [0.29, 0.717) is 23.5 Å². The number of ether oxygens (including phenoxy) is 1. The normalized spacial score (nSPS) is 16.3. The van der Waals surface area contributed by atoms with Crippen molar-refractivity contribution in [2.75, 3.05) is 7.11 Å². The topological polar surface area (TPSA) is 55.0 Å². The Hall–Kier alpha value is -2.86. The predicted molar refractivity (Wildman–Crippen MR) is 106 cm³/mol. The molecular formula is C21H17BrN2O3. The van der Waals surface area contributed by atoms with Crippen LogP contribution in [0.4, 0.5) is 0 Å². The molecule has 0 unspecified atom stereocenters. The number of nitrogens with zero attached hydrogens (tertiary/aromatic N) is 2. The molecule has 2 aromatic carbocycles. The van der Waals surface area contributed by atoms with Crippen molar-refractivity contribution in [3.05, 3.63) is 88.3 Å². The first-order valence-corrected chi connectivity index (χ1v) is 9.29. The van der Waals surface area contributed by atoms with Crippen molar-refractivity contribution in [3.8, 4) is 5.75 Å². The molecule has 0 saturated carbocycles. The fourth-order valence-electron chi connectivity index (χ4n) is 3.10. The van der Waals surface area contributed by atoms with E-state index < -0.39 is 0 Å². The van der Waals surface area contributed by atoms with E-state index in [-0.39, 0.29) is 11.9 Å². The van der Waals surface area contributed by atoms with E-state index >= 15 is 0 Å². The van der Waals surface area contributed by atoms with Gasteiger partial charge in [-0.2, -0.15) is 5.10 Å². The first kappa shape index (κ1) is 17.5. The first-order chi connectivity index (χ1) is 13.2. The minimum Gasteiger partial charge on any atom is -0.497 e. The summed E-state index contributed by atoms with van der Waals surface area (Å²) in [6, 6.07) is 18.5. The lowest BCUT2D eigenvalue weighted by Gasteiger charge is -2.22. The van der Waals surface area contributed by atoms with Crippen LogP contribution in [0, 0.1) is 0 Å². The van der Waals surface area contributed by atoms with Gasteiger partial charge in [0.1, 0.15) is 17.2 Å². The van der Waals surface area contributed by atoms with Crippen molar-refractivity contribution in [1.29, 1.82) is 0 Å². The molecular weight excluding hydrogens is 408 g/mol. The van der Waals surface area contributed by atoms with Crippen molar-refractivity contribution in [2.24, 2.45) is 5.10 Å². The highest BCUT2D eigenvalue weighted by Gasteiger charge is 2.34. The maximum absolute atomic E-state index is 13.2. The van der Waals surface area contributed by atoms with Gasteiger partial charge in [-0.1, -0.05) is 28.1 Å². The summed E-state index contributed by atoms with van der Waals surface area (Å²) in [6.07, 6.45) is 2.21. The molecule has 0 radical (unpaired) electrons. The fraction of sp³-hybridized carbons (Fsp3) is 0.143. The summed E-state index contributed by atoms with van der Waals surface area (Å²) in [5, 5.41) is 6.14. The average molecular weight is 425 g/mol. The van der Waals surface area contributed by atoms with Crippen LogP contribution in [0.2, 0.25) is 0 Å². The number of carbonyl (C=O) groups excluding carboxylic acids is 1. The quantitative estimate of drug-likeness (QED) is 0.589. The lowest BCUT2D eigenvalue weighted by Crippen LogP contribution is -2.27. The molecule has 0 aliphatic carbocycles. The van der Waals surface area contributed by atoms with Crippen LogP contribution in [0.1, 0.15) is 34.1 Å². The van der Waals surface area contributed by atoms with E-state index in [1.807, 2.05) is 36.4 Å². The van der Waals surface area contributed by atoms with Crippen LogP contribution in [0.3, 0.4) is 0 Å². The monoisotopic (exact) mass is 424 g/mol. The highest BCUT2D eigenvalue weighted by atomic mass is 79.9. The molecule has 2 heterocycles. The number of hydrogen-bond acceptors (Lipinski definition) is 4. The zero-order valence-electron chi connectivity index (χ0n) is 14.6. The van der Waals surface area contributed by atoms with Crippen molar-refractivity contribution in [1.82, 2.24) is 5.01 Å². The maximum atomic E-state index is 13.2. The van der Waals surface area contributed by atoms with Crippen LogP contribution in [-0.2, 0) is 0 Å². The van der Waals surface area contributed by atoms with Crippen LogP contribution in [0.15, 0.2) is 80.9 Å². The largest absolute Gasteiger partial charge is 0.497 e. The number of benzene rings is 2. The van der Waals surface area contributed by atoms with Gasteiger partial charge in [0, 0.05) is 16.5 Å². The molecule has 4 rings (SSSR count). The molecule has 6 heteroatoms. The number of methoxy groups -OCH3 is 1. The van der Waals surface area contributed by atoms with Crippen molar-refractivity contribution < 1.29 is 13.9 Å². The Morgan fingerprint density at radius 3 is 2.52 bits per heavy atom. The summed E-state index contributed by atoms with van der Waals surface area (Å²) in [5.41, 5.74) is 2.34. The van der Waals surface area contributed by atoms with E-state index in [0.717, 1.165) is 15.7 Å². The van der Waals surface area contributed by atoms with E-state index in [1.54, 1.807) is 42.6 Å². The van der Waals surface area contributed by atoms with Gasteiger partial charge in [0.25, 0.3) is 5.91 Å². The minimum absolute atomic E-state index is 0.160. The summed E-state index contributed by atoms with van der Waals surface area (Å²) in [4.78, 5) is 13.2. The number of hydrazone groups is 1. The van der Waals surface area contributed by atoms with Gasteiger partial charge >= 0.3 is 0 Å². The number of halogens is 1. The van der Waals surface area contributed by atoms with Gasteiger partial charge in [0.15, 0.2) is 0 Å². The van der Waals surface area contributed by atoms with Crippen LogP contribution in [-0.4, -0.2) is 23.7 Å². The lowest BCUT2D eigenvalue weighted by atomic mass is 10.0. The molecule has 0 N–H and O–H groups in total. The Balaban J connectivity index is 1.69. The Kier molecular flexibility index (Phi) is 4.81. The summed E-state index contributed by atoms with van der Waals surface area (Å²) >= 11 is 3.46. The maximum Gasteiger partial charge on any atom is 0.274 e. The molecule has 3 aromatic rings. The molecule has 1 aliphatic rings. The van der Waals surface area contributed by atoms with Crippen molar-refractivity contribution >= 4 is 27.5 Å². The van der Waals surface area contributed by atoms with Crippen LogP contribution >= 0.6 is 15.9 Å². The second kappa shape index (κ2) is 7.40. The zero-order chi connectivity index (χ0) is 18.8. The van der Waals surface area contributed by atoms with Crippen molar-refractivity contribution in [3.63, 3.8) is 0 Å². The Morgan fingerprint density at radius 1 is 1.15 bits per heavy atom. The Morgan fingerprint density at radius 2 is 1.89 bits per heavy atom. The summed E-state index contributed by atoms with van der Waals surface area (Å²) < 4.78 is 11.7. The van der Waals surface area contributed by atoms with Crippen LogP contribution in [0.25, 0.3) is 0 Å². The van der Waals surface area contributed by atoms with Crippen molar-refractivity contribution in [2.45, 2.75) is 12.5 Å². The molecule has 0 spiro atoms. The molecule has 5 nitrogen and oxygen atoms in total. The van der Waals surface area contributed by atoms with E-state index in [4.69, 9.17) is 9.15 Å². The molecule has 0 fully saturated rings. The van der Waals surface area contributed by atoms with E-state index in [9.17, 15) is 4.79 Å². The molecule has 27 heavy (non-hydrogen) atoms. The highest BCUT2D eigenvalue weighted by molar-refractivity contribution is 9.10.